The molecule has 1 N–H and O–H groups in total. The van der Waals surface area contributed by atoms with Crippen molar-refractivity contribution in [2.75, 3.05) is 0 Å². The van der Waals surface area contributed by atoms with Crippen molar-refractivity contribution >= 4 is 33.8 Å². The van der Waals surface area contributed by atoms with Crippen LogP contribution < -0.4 is 16.0 Å². The number of aliphatic carboxylic acids is 1. The highest BCUT2D eigenvalue weighted by Crippen LogP contribution is 2.32. The van der Waals surface area contributed by atoms with Crippen LogP contribution in [0.25, 0.3) is 21.9 Å². The third kappa shape index (κ3) is 3.59. The minimum Gasteiger partial charge on any atom is -0.548 e. The molecule has 0 bridgehead atoms. The van der Waals surface area contributed by atoms with Crippen molar-refractivity contribution in [3.05, 3.63) is 80.9 Å². The molecule has 1 atom stereocenters. The Balaban J connectivity index is 1.72. The fourth-order valence-corrected chi connectivity index (χ4v) is 3.82. The lowest BCUT2D eigenvalue weighted by atomic mass is 9.99. The third-order valence-corrected chi connectivity index (χ3v) is 5.55. The van der Waals surface area contributed by atoms with Gasteiger partial charge in [-0.05, 0) is 43.5 Å². The number of benzene rings is 2. The van der Waals surface area contributed by atoms with Crippen LogP contribution in [-0.4, -0.2) is 11.9 Å². The second-order valence-corrected chi connectivity index (χ2v) is 7.57. The zero-order valence-electron chi connectivity index (χ0n) is 17.3. The molecule has 0 unspecified atom stereocenters. The van der Waals surface area contributed by atoms with Crippen molar-refractivity contribution in [1.82, 2.24) is 5.32 Å². The summed E-state index contributed by atoms with van der Waals surface area (Å²) in [4.78, 5) is 36.9. The topological polar surface area (TPSA) is 113 Å². The van der Waals surface area contributed by atoms with Crippen LogP contribution in [0.15, 0.2) is 56.3 Å². The Morgan fingerprint density at radius 2 is 1.74 bits per heavy atom. The normalized spacial score (nSPS) is 12.2. The molecule has 0 aliphatic carbocycles. The minimum absolute atomic E-state index is 0.176. The minimum atomic E-state index is -1.43. The largest absolute Gasteiger partial charge is 0.548 e. The van der Waals surface area contributed by atoms with Gasteiger partial charge >= 0.3 is 5.63 Å². The average molecular weight is 418 g/mol. The van der Waals surface area contributed by atoms with Crippen LogP contribution in [0.1, 0.15) is 33.9 Å². The van der Waals surface area contributed by atoms with E-state index >= 15 is 0 Å². The second kappa shape index (κ2) is 7.75. The van der Waals surface area contributed by atoms with E-state index < -0.39 is 23.5 Å². The Hall–Kier alpha value is -3.87. The number of carboxylic acids is 1. The molecule has 7 heteroatoms. The first-order chi connectivity index (χ1) is 14.8. The molecular weight excluding hydrogens is 398 g/mol. The summed E-state index contributed by atoms with van der Waals surface area (Å²) in [6.07, 6.45) is 1.32. The number of nitrogens with one attached hydrogen (secondary N) is 1. The van der Waals surface area contributed by atoms with E-state index in [9.17, 15) is 19.5 Å². The monoisotopic (exact) mass is 418 g/mol. The number of carbonyl (C=O) groups excluding carboxylic acids is 2. The lowest BCUT2D eigenvalue weighted by Crippen LogP contribution is -2.42. The predicted molar refractivity (Wildman–Crippen MR) is 113 cm³/mol. The number of amides is 1. The van der Waals surface area contributed by atoms with Crippen LogP contribution in [0.5, 0.6) is 0 Å². The lowest BCUT2D eigenvalue weighted by molar-refractivity contribution is -0.308. The summed E-state index contributed by atoms with van der Waals surface area (Å²) in [7, 11) is 0. The second-order valence-electron chi connectivity index (χ2n) is 7.57. The molecule has 2 aromatic heterocycles. The number of furan rings is 1. The zero-order chi connectivity index (χ0) is 22.3. The number of hydrogen-bond acceptors (Lipinski definition) is 6. The van der Waals surface area contributed by atoms with Crippen LogP contribution in [0.4, 0.5) is 0 Å². The molecule has 0 aliphatic heterocycles. The van der Waals surface area contributed by atoms with Crippen LogP contribution in [0, 0.1) is 20.8 Å². The van der Waals surface area contributed by atoms with Crippen molar-refractivity contribution in [1.29, 1.82) is 0 Å². The molecular formula is C24H20NO6-. The highest BCUT2D eigenvalue weighted by atomic mass is 16.4. The number of fused-ring (bicyclic) bond motifs is 2. The molecule has 1 amide bonds. The first-order valence-electron chi connectivity index (χ1n) is 9.76. The van der Waals surface area contributed by atoms with Gasteiger partial charge in [-0.1, -0.05) is 30.3 Å². The average Bonchev–Trinajstić information content (AvgIpc) is 3.12. The molecule has 0 aliphatic rings. The maximum atomic E-state index is 12.7. The maximum absolute atomic E-state index is 12.7. The number of carboxylic acid groups (broad SMARTS) is 1. The van der Waals surface area contributed by atoms with E-state index in [4.69, 9.17) is 8.83 Å². The van der Waals surface area contributed by atoms with Gasteiger partial charge in [-0.15, -0.1) is 0 Å². The van der Waals surface area contributed by atoms with Gasteiger partial charge in [0.25, 0.3) is 0 Å². The van der Waals surface area contributed by atoms with Crippen molar-refractivity contribution in [3.63, 3.8) is 0 Å². The van der Waals surface area contributed by atoms with Gasteiger partial charge in [0.2, 0.25) is 5.91 Å². The predicted octanol–water partition coefficient (Wildman–Crippen LogP) is 2.61. The van der Waals surface area contributed by atoms with E-state index in [0.717, 1.165) is 10.9 Å². The Kier molecular flexibility index (Phi) is 5.10. The highest BCUT2D eigenvalue weighted by Gasteiger charge is 2.21. The smallest absolute Gasteiger partial charge is 0.340 e. The van der Waals surface area contributed by atoms with Gasteiger partial charge in [-0.2, -0.15) is 0 Å². The standard InChI is InChI=1S/C24H21NO6/c1-12-11-30-21-14(3)22-17(9-16(12)21)13(2)18(24(29)31-22)10-19(26)25-20(23(27)28)15-7-5-4-6-8-15/h4-9,11,20H,10H2,1-3H3,(H,25,26)(H,27,28)/p-1/t20-/m0/s1. The molecule has 158 valence electrons. The molecule has 0 saturated heterocycles. The SMILES string of the molecule is Cc1coc2c(C)c3oc(=O)c(CC(=O)N[C@H](C(=O)[O-])c4ccccc4)c(C)c3cc12. The molecule has 2 aromatic carbocycles. The summed E-state index contributed by atoms with van der Waals surface area (Å²) in [5.74, 6) is -2.06. The Bertz CT molecular complexity index is 1380. The number of aryl methyl sites for hydroxylation is 3. The van der Waals surface area contributed by atoms with Crippen molar-refractivity contribution in [2.45, 2.75) is 33.2 Å². The van der Waals surface area contributed by atoms with E-state index in [1.807, 2.05) is 19.9 Å². The van der Waals surface area contributed by atoms with E-state index in [2.05, 4.69) is 5.32 Å². The molecule has 0 radical (unpaired) electrons. The van der Waals surface area contributed by atoms with Gasteiger partial charge in [-0.3, -0.25) is 4.79 Å². The van der Waals surface area contributed by atoms with Crippen molar-refractivity contribution in [2.24, 2.45) is 0 Å². The fraction of sp³-hybridized carbons (Fsp3) is 0.208. The van der Waals surface area contributed by atoms with E-state index in [1.54, 1.807) is 43.5 Å². The van der Waals surface area contributed by atoms with Crippen LogP contribution in [-0.2, 0) is 16.0 Å². The van der Waals surface area contributed by atoms with Gasteiger partial charge < -0.3 is 24.1 Å². The Labute approximate surface area is 177 Å². The summed E-state index contributed by atoms with van der Waals surface area (Å²) in [6.45, 7) is 5.48. The van der Waals surface area contributed by atoms with Gasteiger partial charge in [0.1, 0.15) is 11.2 Å². The first-order valence-corrected chi connectivity index (χ1v) is 9.76. The lowest BCUT2D eigenvalue weighted by Gasteiger charge is -2.20. The Morgan fingerprint density at radius 3 is 2.42 bits per heavy atom. The van der Waals surface area contributed by atoms with E-state index in [-0.39, 0.29) is 12.0 Å². The van der Waals surface area contributed by atoms with Gasteiger partial charge in [0, 0.05) is 16.3 Å². The molecule has 4 rings (SSSR count). The molecule has 0 saturated carbocycles. The quantitative estimate of drug-likeness (QED) is 0.499. The van der Waals surface area contributed by atoms with Gasteiger partial charge in [-0.25, -0.2) is 4.79 Å². The maximum Gasteiger partial charge on any atom is 0.340 e. The summed E-state index contributed by atoms with van der Waals surface area (Å²) >= 11 is 0. The van der Waals surface area contributed by atoms with Crippen molar-refractivity contribution < 1.29 is 23.5 Å². The molecule has 7 nitrogen and oxygen atoms in total. The molecule has 31 heavy (non-hydrogen) atoms. The van der Waals surface area contributed by atoms with E-state index in [1.165, 1.54) is 0 Å². The fourth-order valence-electron chi connectivity index (χ4n) is 3.82. The van der Waals surface area contributed by atoms with Crippen molar-refractivity contribution in [3.8, 4) is 0 Å². The summed E-state index contributed by atoms with van der Waals surface area (Å²) in [6, 6.07) is 8.79. The van der Waals surface area contributed by atoms with Crippen LogP contribution >= 0.6 is 0 Å². The third-order valence-electron chi connectivity index (χ3n) is 5.55. The summed E-state index contributed by atoms with van der Waals surface area (Å²) in [5, 5.41) is 15.6. The Morgan fingerprint density at radius 1 is 1.03 bits per heavy atom. The van der Waals surface area contributed by atoms with Gasteiger partial charge in [0.05, 0.1) is 30.3 Å². The molecule has 0 spiro atoms. The van der Waals surface area contributed by atoms with E-state index in [0.29, 0.717) is 33.2 Å². The van der Waals surface area contributed by atoms with Gasteiger partial charge in [0.15, 0.2) is 0 Å². The highest BCUT2D eigenvalue weighted by molar-refractivity contribution is 6.00. The molecule has 0 fully saturated rings. The molecule has 4 aromatic rings. The summed E-state index contributed by atoms with van der Waals surface area (Å²) in [5.41, 5.74) is 3.24. The number of hydrogen-bond donors (Lipinski definition) is 1. The first kappa shape index (κ1) is 20.4. The molecule has 2 heterocycles. The zero-order valence-corrected chi connectivity index (χ0v) is 17.3. The number of carbonyl (C=O) groups is 2. The number of rotatable bonds is 5. The van der Waals surface area contributed by atoms with Crippen LogP contribution in [0.2, 0.25) is 0 Å². The summed E-state index contributed by atoms with van der Waals surface area (Å²) < 4.78 is 11.1. The van der Waals surface area contributed by atoms with Crippen LogP contribution in [0.3, 0.4) is 0 Å².